The van der Waals surface area contributed by atoms with Crippen molar-refractivity contribution < 1.29 is 24.9 Å². The fourth-order valence-corrected chi connectivity index (χ4v) is 4.46. The lowest BCUT2D eigenvalue weighted by Crippen LogP contribution is -2.22. The first-order valence-electron chi connectivity index (χ1n) is 9.68. The van der Waals surface area contributed by atoms with E-state index in [1.165, 1.54) is 12.1 Å². The zero-order chi connectivity index (χ0) is 22.8. The van der Waals surface area contributed by atoms with E-state index in [-0.39, 0.29) is 22.1 Å². The van der Waals surface area contributed by atoms with Gasteiger partial charge in [0.2, 0.25) is 0 Å². The highest BCUT2D eigenvalue weighted by Crippen LogP contribution is 2.38. The quantitative estimate of drug-likeness (QED) is 0.175. The van der Waals surface area contributed by atoms with Crippen LogP contribution in [0.4, 0.5) is 5.69 Å². The Kier molecular flexibility index (Phi) is 6.03. The molecule has 0 aliphatic heterocycles. The lowest BCUT2D eigenvalue weighted by atomic mass is 10.0. The van der Waals surface area contributed by atoms with Gasteiger partial charge in [-0.2, -0.15) is 0 Å². The Bertz CT molecular complexity index is 1330. The van der Waals surface area contributed by atoms with E-state index in [2.05, 4.69) is 5.32 Å². The second-order valence-electron chi connectivity index (χ2n) is 7.22. The lowest BCUT2D eigenvalue weighted by Gasteiger charge is -2.07. The molecule has 0 unspecified atom stereocenters. The third kappa shape index (κ3) is 4.54. The van der Waals surface area contributed by atoms with Gasteiger partial charge < -0.3 is 20.6 Å². The van der Waals surface area contributed by atoms with Gasteiger partial charge in [-0.3, -0.25) is 9.59 Å². The number of halogens is 1. The summed E-state index contributed by atoms with van der Waals surface area (Å²) in [7, 11) is 0. The number of phenols is 2. The second-order valence-corrected chi connectivity index (χ2v) is 8.71. The van der Waals surface area contributed by atoms with E-state index in [0.717, 1.165) is 22.5 Å². The number of phenolic OH excluding ortho intramolecular Hbond substituents is 2. The van der Waals surface area contributed by atoms with Gasteiger partial charge in [0.15, 0.2) is 11.5 Å². The third-order valence-electron chi connectivity index (χ3n) is 4.99. The van der Waals surface area contributed by atoms with Crippen LogP contribution in [-0.4, -0.2) is 27.0 Å². The molecule has 32 heavy (non-hydrogen) atoms. The molecule has 0 saturated carbocycles. The number of aromatic hydroxyl groups is 3. The molecule has 4 rings (SSSR count). The Morgan fingerprint density at radius 3 is 2.25 bits per heavy atom. The Morgan fingerprint density at radius 1 is 0.844 bits per heavy atom. The van der Waals surface area contributed by atoms with Crippen molar-refractivity contribution in [1.82, 2.24) is 0 Å². The summed E-state index contributed by atoms with van der Waals surface area (Å²) in [6.07, 6.45) is 1.35. The number of rotatable bonds is 6. The van der Waals surface area contributed by atoms with Crippen LogP contribution in [0.5, 0.6) is 17.2 Å². The van der Waals surface area contributed by atoms with E-state index >= 15 is 0 Å². The van der Waals surface area contributed by atoms with E-state index in [0.29, 0.717) is 33.6 Å². The molecule has 1 heterocycles. The smallest absolute Gasteiger partial charge is 0.297 e. The van der Waals surface area contributed by atoms with Crippen LogP contribution in [0.2, 0.25) is 5.02 Å². The number of hydrogen-bond acceptors (Lipinski definition) is 6. The molecule has 1 amide bonds. The molecule has 4 aromatic rings. The molecular weight excluding hydrogens is 450 g/mol. The van der Waals surface area contributed by atoms with Crippen molar-refractivity contribution in [1.29, 1.82) is 0 Å². The molecule has 8 heteroatoms. The Morgan fingerprint density at radius 2 is 1.53 bits per heavy atom. The molecule has 0 spiro atoms. The number of fused-ring (bicyclic) bond motifs is 1. The van der Waals surface area contributed by atoms with Crippen molar-refractivity contribution in [2.75, 3.05) is 5.32 Å². The van der Waals surface area contributed by atoms with Gasteiger partial charge in [-0.25, -0.2) is 0 Å². The molecule has 0 bridgehead atoms. The van der Waals surface area contributed by atoms with Crippen molar-refractivity contribution in [2.24, 2.45) is 0 Å². The van der Waals surface area contributed by atoms with Crippen molar-refractivity contribution in [3.8, 4) is 17.2 Å². The van der Waals surface area contributed by atoms with Crippen molar-refractivity contribution >= 4 is 50.4 Å². The van der Waals surface area contributed by atoms with Crippen LogP contribution in [0, 0.1) is 0 Å². The van der Waals surface area contributed by atoms with Crippen LogP contribution in [0.25, 0.3) is 10.1 Å². The Hall–Kier alpha value is -3.55. The summed E-state index contributed by atoms with van der Waals surface area (Å²) in [4.78, 5) is 25.0. The molecule has 6 nitrogen and oxygen atoms in total. The summed E-state index contributed by atoms with van der Waals surface area (Å²) in [5.41, 5.74) is 2.34. The highest BCUT2D eigenvalue weighted by atomic mass is 35.5. The minimum absolute atomic E-state index is 0.0338. The van der Waals surface area contributed by atoms with Gasteiger partial charge >= 0.3 is 0 Å². The summed E-state index contributed by atoms with van der Waals surface area (Å²) in [6.45, 7) is 0. The Labute approximate surface area is 192 Å². The number of anilines is 1. The molecule has 1 aromatic heterocycles. The highest BCUT2D eigenvalue weighted by molar-refractivity contribution is 7.22. The normalized spacial score (nSPS) is 10.9. The van der Waals surface area contributed by atoms with Crippen molar-refractivity contribution in [3.63, 3.8) is 0 Å². The minimum atomic E-state index is -0.842. The summed E-state index contributed by atoms with van der Waals surface area (Å²) < 4.78 is 0.661. The predicted molar refractivity (Wildman–Crippen MR) is 125 cm³/mol. The number of thiophene rings is 1. The average Bonchev–Trinajstić information content (AvgIpc) is 3.10. The predicted octanol–water partition coefficient (Wildman–Crippen LogP) is 5.28. The molecule has 3 aromatic carbocycles. The minimum Gasteiger partial charge on any atom is -0.506 e. The third-order valence-corrected chi connectivity index (χ3v) is 6.38. The first-order valence-corrected chi connectivity index (χ1v) is 10.9. The van der Waals surface area contributed by atoms with Gasteiger partial charge in [0.05, 0.1) is 0 Å². The van der Waals surface area contributed by atoms with Crippen LogP contribution in [0.3, 0.4) is 0 Å². The van der Waals surface area contributed by atoms with Crippen LogP contribution < -0.4 is 5.32 Å². The maximum Gasteiger partial charge on any atom is 0.297 e. The molecule has 4 N–H and O–H groups in total. The molecule has 0 fully saturated rings. The molecule has 0 atom stereocenters. The number of ketones is 1. The van der Waals surface area contributed by atoms with Crippen molar-refractivity contribution in [2.45, 2.75) is 12.8 Å². The lowest BCUT2D eigenvalue weighted by molar-refractivity contribution is -0.112. The van der Waals surface area contributed by atoms with Gasteiger partial charge in [0, 0.05) is 20.8 Å². The fourth-order valence-electron chi connectivity index (χ4n) is 3.27. The van der Waals surface area contributed by atoms with E-state index < -0.39 is 11.7 Å². The molecular formula is C24H18ClNO5S. The van der Waals surface area contributed by atoms with Crippen LogP contribution in [0.15, 0.2) is 60.7 Å². The Balaban J connectivity index is 1.40. The number of Topliss-reactive ketones (excluding diaryl/α,β-unsaturated/α-hetero) is 1. The van der Waals surface area contributed by atoms with Gasteiger partial charge in [-0.05, 0) is 66.4 Å². The number of carbonyl (C=O) groups is 2. The summed E-state index contributed by atoms with van der Waals surface area (Å²) >= 11 is 6.98. The number of hydrogen-bond donors (Lipinski definition) is 4. The highest BCUT2D eigenvalue weighted by Gasteiger charge is 2.24. The second kappa shape index (κ2) is 8.90. The fraction of sp³-hybridized carbons (Fsp3) is 0.0833. The maximum absolute atomic E-state index is 12.6. The van der Waals surface area contributed by atoms with E-state index in [4.69, 9.17) is 11.6 Å². The first kappa shape index (κ1) is 21.7. The van der Waals surface area contributed by atoms with E-state index in [9.17, 15) is 24.9 Å². The maximum atomic E-state index is 12.6. The molecule has 162 valence electrons. The molecule has 0 aliphatic rings. The molecule has 0 aliphatic carbocycles. The SMILES string of the molecule is O=C(Nc1ccc(CCc2ccc(O)c(O)c2)cc1)C(=O)c1sc2ccc(Cl)cc2c1O. The topological polar surface area (TPSA) is 107 Å². The van der Waals surface area contributed by atoms with Crippen LogP contribution in [0.1, 0.15) is 20.8 Å². The first-order chi connectivity index (χ1) is 15.3. The summed E-state index contributed by atoms with van der Waals surface area (Å²) in [5.74, 6) is -2.22. The number of amides is 1. The van der Waals surface area contributed by atoms with Gasteiger partial charge in [-0.1, -0.05) is 29.8 Å². The van der Waals surface area contributed by atoms with E-state index in [1.54, 1.807) is 36.4 Å². The average molecular weight is 468 g/mol. The number of nitrogens with one attached hydrogen (secondary N) is 1. The monoisotopic (exact) mass is 467 g/mol. The molecule has 0 radical (unpaired) electrons. The number of aryl methyl sites for hydroxylation is 2. The number of carbonyl (C=O) groups excluding carboxylic acids is 2. The standard InChI is InChI=1S/C24H18ClNO5S/c25-15-6-10-20-17(12-15)21(29)23(32-20)22(30)24(31)26-16-7-3-13(4-8-16)1-2-14-5-9-18(27)19(28)11-14/h3-12,27-29H,1-2H2,(H,26,31). The van der Waals surface area contributed by atoms with Crippen LogP contribution >= 0.6 is 22.9 Å². The number of benzene rings is 3. The zero-order valence-corrected chi connectivity index (χ0v) is 18.2. The summed E-state index contributed by atoms with van der Waals surface area (Å²) in [6, 6.07) is 16.7. The van der Waals surface area contributed by atoms with E-state index in [1.807, 2.05) is 12.1 Å². The van der Waals surface area contributed by atoms with Gasteiger partial charge in [0.25, 0.3) is 11.7 Å². The molecule has 0 saturated heterocycles. The van der Waals surface area contributed by atoms with Crippen molar-refractivity contribution in [3.05, 3.63) is 81.7 Å². The largest absolute Gasteiger partial charge is 0.506 e. The zero-order valence-electron chi connectivity index (χ0n) is 16.6. The van der Waals surface area contributed by atoms with Crippen LogP contribution in [-0.2, 0) is 17.6 Å². The van der Waals surface area contributed by atoms with Gasteiger partial charge in [-0.15, -0.1) is 11.3 Å². The van der Waals surface area contributed by atoms with Gasteiger partial charge in [0.1, 0.15) is 10.6 Å². The summed E-state index contributed by atoms with van der Waals surface area (Å²) in [5, 5.41) is 32.7.